The van der Waals surface area contributed by atoms with Crippen molar-refractivity contribution < 1.29 is 32.9 Å². The van der Waals surface area contributed by atoms with Crippen molar-refractivity contribution >= 4 is 58.3 Å². The Morgan fingerprint density at radius 2 is 1.76 bits per heavy atom. The van der Waals surface area contributed by atoms with Crippen molar-refractivity contribution in [3.05, 3.63) is 64.1 Å². The molecule has 1 amide bonds. The minimum atomic E-state index is -3.71. The van der Waals surface area contributed by atoms with Gasteiger partial charge in [-0.2, -0.15) is 0 Å². The Hall–Kier alpha value is -2.84. The van der Waals surface area contributed by atoms with Crippen LogP contribution in [-0.2, 0) is 23.4 Å². The molecule has 3 rings (SSSR count). The Labute approximate surface area is 231 Å². The summed E-state index contributed by atoms with van der Waals surface area (Å²) in [4.78, 5) is 25.7. The van der Waals surface area contributed by atoms with Gasteiger partial charge in [-0.15, -0.1) is 11.3 Å². The van der Waals surface area contributed by atoms with E-state index >= 15 is 0 Å². The fraction of sp³-hybridized carbons (Fsp3) is 0.333. The van der Waals surface area contributed by atoms with Crippen LogP contribution in [0.5, 0.6) is 11.5 Å². The number of nitrogens with one attached hydrogen (secondary N) is 1. The molecule has 38 heavy (non-hydrogen) atoms. The molecule has 0 aliphatic carbocycles. The molecular weight excluding hydrogens is 549 g/mol. The highest BCUT2D eigenvalue weighted by Gasteiger charge is 2.39. The first-order valence-corrected chi connectivity index (χ1v) is 15.0. The van der Waals surface area contributed by atoms with Gasteiger partial charge in [0.1, 0.15) is 17.2 Å². The van der Waals surface area contributed by atoms with Crippen LogP contribution in [-0.4, -0.2) is 39.6 Å². The predicted octanol–water partition coefficient (Wildman–Crippen LogP) is 6.87. The SMILES string of the molecule is COc1cc(C=CNC(=O)C(c2csc3ccc(Cl)cc23)P(C)(=O)OCOC(=O)C(C)(C)C)cc(OC)c1. The smallest absolute Gasteiger partial charge is 0.313 e. The average Bonchev–Trinajstić information content (AvgIpc) is 3.25. The van der Waals surface area contributed by atoms with Gasteiger partial charge in [-0.3, -0.25) is 18.7 Å². The first-order chi connectivity index (χ1) is 17.9. The van der Waals surface area contributed by atoms with Gasteiger partial charge in [-0.25, -0.2) is 0 Å². The lowest BCUT2D eigenvalue weighted by molar-refractivity contribution is -0.159. The van der Waals surface area contributed by atoms with Crippen LogP contribution in [0.15, 0.2) is 48.0 Å². The number of esters is 1. The number of carbonyl (C=O) groups excluding carboxylic acids is 2. The van der Waals surface area contributed by atoms with Crippen molar-refractivity contribution in [3.8, 4) is 11.5 Å². The normalized spacial score (nSPS) is 14.2. The maximum absolute atomic E-state index is 13.9. The van der Waals surface area contributed by atoms with Gasteiger partial charge in [0.05, 0.1) is 19.6 Å². The molecule has 0 saturated carbocycles. The van der Waals surface area contributed by atoms with E-state index in [0.29, 0.717) is 27.5 Å². The summed E-state index contributed by atoms with van der Waals surface area (Å²) in [5.74, 6) is 0.115. The summed E-state index contributed by atoms with van der Waals surface area (Å²) in [6.07, 6.45) is 3.11. The minimum Gasteiger partial charge on any atom is -0.497 e. The zero-order chi connectivity index (χ0) is 28.1. The Kier molecular flexibility index (Phi) is 9.65. The fourth-order valence-electron chi connectivity index (χ4n) is 3.54. The van der Waals surface area contributed by atoms with Crippen molar-refractivity contribution in [1.82, 2.24) is 5.32 Å². The summed E-state index contributed by atoms with van der Waals surface area (Å²) in [5, 5.41) is 5.66. The zero-order valence-electron chi connectivity index (χ0n) is 22.1. The molecule has 204 valence electrons. The summed E-state index contributed by atoms with van der Waals surface area (Å²) in [6, 6.07) is 10.6. The van der Waals surface area contributed by atoms with Gasteiger partial charge in [0.2, 0.25) is 13.3 Å². The second kappa shape index (κ2) is 12.3. The average molecular weight is 580 g/mol. The molecular formula is C27H31ClNO7PS. The van der Waals surface area contributed by atoms with Crippen molar-refractivity contribution in [1.29, 1.82) is 0 Å². The molecule has 1 N–H and O–H groups in total. The number of rotatable bonds is 10. The quantitative estimate of drug-likeness (QED) is 0.159. The molecule has 11 heteroatoms. The van der Waals surface area contributed by atoms with Crippen LogP contribution >= 0.6 is 30.3 Å². The van der Waals surface area contributed by atoms with E-state index in [1.54, 1.807) is 76.8 Å². The van der Waals surface area contributed by atoms with Crippen LogP contribution in [0.4, 0.5) is 0 Å². The number of ether oxygens (including phenoxy) is 3. The first-order valence-electron chi connectivity index (χ1n) is 11.6. The zero-order valence-corrected chi connectivity index (χ0v) is 24.5. The van der Waals surface area contributed by atoms with E-state index in [-0.39, 0.29) is 0 Å². The molecule has 0 bridgehead atoms. The standard InChI is InChI=1S/C27H31ClNO7PS/c1-27(2,3)26(31)35-16-36-37(6,32)24(22-15-38-23-8-7-18(28)13-21(22)23)25(30)29-10-9-17-11-19(33-4)14-20(12-17)34-5/h7-15,24H,16H2,1-6H3,(H,29,30). The molecule has 0 aliphatic heterocycles. The summed E-state index contributed by atoms with van der Waals surface area (Å²) >= 11 is 7.62. The highest BCUT2D eigenvalue weighted by Crippen LogP contribution is 2.59. The molecule has 2 atom stereocenters. The third kappa shape index (κ3) is 7.38. The van der Waals surface area contributed by atoms with Crippen LogP contribution in [0.1, 0.15) is 37.6 Å². The fourth-order valence-corrected chi connectivity index (χ4v) is 6.41. The molecule has 0 saturated heterocycles. The molecule has 8 nitrogen and oxygen atoms in total. The van der Waals surface area contributed by atoms with E-state index in [4.69, 9.17) is 30.3 Å². The Balaban J connectivity index is 1.90. The lowest BCUT2D eigenvalue weighted by Gasteiger charge is -2.24. The molecule has 3 aromatic rings. The summed E-state index contributed by atoms with van der Waals surface area (Å²) < 4.78 is 36.0. The maximum Gasteiger partial charge on any atom is 0.313 e. The number of hydrogen-bond acceptors (Lipinski definition) is 8. The largest absolute Gasteiger partial charge is 0.497 e. The minimum absolute atomic E-state index is 0.481. The van der Waals surface area contributed by atoms with Crippen LogP contribution in [0.2, 0.25) is 5.02 Å². The lowest BCUT2D eigenvalue weighted by atomic mass is 9.98. The molecule has 0 spiro atoms. The third-order valence-electron chi connectivity index (χ3n) is 5.56. The number of hydrogen-bond donors (Lipinski definition) is 1. The van der Waals surface area contributed by atoms with Gasteiger partial charge in [0, 0.05) is 28.7 Å². The van der Waals surface area contributed by atoms with Crippen LogP contribution < -0.4 is 14.8 Å². The number of methoxy groups -OCH3 is 2. The van der Waals surface area contributed by atoms with E-state index in [1.165, 1.54) is 24.2 Å². The van der Waals surface area contributed by atoms with Crippen LogP contribution in [0.3, 0.4) is 0 Å². The van der Waals surface area contributed by atoms with E-state index < -0.39 is 37.1 Å². The van der Waals surface area contributed by atoms with Gasteiger partial charge in [-0.05, 0) is 79.1 Å². The van der Waals surface area contributed by atoms with Crippen molar-refractivity contribution in [2.24, 2.45) is 5.41 Å². The lowest BCUT2D eigenvalue weighted by Crippen LogP contribution is -2.27. The van der Waals surface area contributed by atoms with Crippen LogP contribution in [0.25, 0.3) is 16.2 Å². The number of amides is 1. The number of fused-ring (bicyclic) bond motifs is 1. The molecule has 2 aromatic carbocycles. The highest BCUT2D eigenvalue weighted by molar-refractivity contribution is 7.59. The predicted molar refractivity (Wildman–Crippen MR) is 151 cm³/mol. The molecule has 2 unspecified atom stereocenters. The van der Waals surface area contributed by atoms with Gasteiger partial charge in [-0.1, -0.05) is 11.6 Å². The summed E-state index contributed by atoms with van der Waals surface area (Å²) in [7, 11) is -0.622. The monoisotopic (exact) mass is 579 g/mol. The van der Waals surface area contributed by atoms with Gasteiger partial charge >= 0.3 is 5.97 Å². The number of carbonyl (C=O) groups is 2. The highest BCUT2D eigenvalue weighted by atomic mass is 35.5. The topological polar surface area (TPSA) is 100 Å². The summed E-state index contributed by atoms with van der Waals surface area (Å²) in [6.45, 7) is 5.90. The Morgan fingerprint density at radius 1 is 1.11 bits per heavy atom. The van der Waals surface area contributed by atoms with Crippen LogP contribution in [0, 0.1) is 5.41 Å². The van der Waals surface area contributed by atoms with E-state index in [0.717, 1.165) is 10.3 Å². The third-order valence-corrected chi connectivity index (χ3v) is 8.85. The Morgan fingerprint density at radius 3 is 2.37 bits per heavy atom. The second-order valence-electron chi connectivity index (χ2n) is 9.56. The number of halogens is 1. The van der Waals surface area contributed by atoms with E-state index in [1.807, 2.05) is 6.07 Å². The molecule has 0 fully saturated rings. The number of benzene rings is 2. The van der Waals surface area contributed by atoms with Crippen molar-refractivity contribution in [3.63, 3.8) is 0 Å². The van der Waals surface area contributed by atoms with E-state index in [9.17, 15) is 14.2 Å². The van der Waals surface area contributed by atoms with Crippen molar-refractivity contribution in [2.45, 2.75) is 26.4 Å². The molecule has 1 heterocycles. The van der Waals surface area contributed by atoms with Crippen molar-refractivity contribution in [2.75, 3.05) is 27.7 Å². The molecule has 1 aromatic heterocycles. The molecule has 0 radical (unpaired) electrons. The van der Waals surface area contributed by atoms with Gasteiger partial charge in [0.15, 0.2) is 6.79 Å². The summed E-state index contributed by atoms with van der Waals surface area (Å²) in [5.41, 5.74) is -0.719. The van der Waals surface area contributed by atoms with E-state index in [2.05, 4.69) is 5.32 Å². The van der Waals surface area contributed by atoms with Gasteiger partial charge < -0.3 is 19.5 Å². The molecule has 0 aliphatic rings. The number of thiophene rings is 1. The maximum atomic E-state index is 13.9. The first kappa shape index (κ1) is 29.7. The second-order valence-corrected chi connectivity index (χ2v) is 13.5. The Bertz CT molecular complexity index is 1370. The van der Waals surface area contributed by atoms with Gasteiger partial charge in [0.25, 0.3) is 0 Å².